The fraction of sp³-hybridized carbons (Fsp3) is 0.909. The summed E-state index contributed by atoms with van der Waals surface area (Å²) in [5.41, 5.74) is -2.64. The van der Waals surface area contributed by atoms with Gasteiger partial charge in [-0.25, -0.2) is 0 Å². The van der Waals surface area contributed by atoms with Crippen molar-refractivity contribution in [2.45, 2.75) is 12.6 Å². The number of hydrogen-bond acceptors (Lipinski definition) is 4. The van der Waals surface area contributed by atoms with Crippen LogP contribution in [0.1, 0.15) is 6.42 Å². The largest absolute Gasteiger partial charge is 0.481 e. The van der Waals surface area contributed by atoms with Gasteiger partial charge in [-0.15, -0.1) is 0 Å². The Morgan fingerprint density at radius 3 is 2.53 bits per heavy atom. The highest BCUT2D eigenvalue weighted by Crippen LogP contribution is 2.45. The van der Waals surface area contributed by atoms with Gasteiger partial charge >= 0.3 is 12.1 Å². The molecule has 0 bridgehead atoms. The fourth-order valence-electron chi connectivity index (χ4n) is 2.04. The first kappa shape index (κ1) is 16.2. The molecule has 8 heteroatoms. The van der Waals surface area contributed by atoms with Crippen molar-refractivity contribution in [2.24, 2.45) is 5.41 Å². The Kier molecular flexibility index (Phi) is 5.57. The van der Waals surface area contributed by atoms with Crippen LogP contribution in [-0.4, -0.2) is 68.7 Å². The summed E-state index contributed by atoms with van der Waals surface area (Å²) in [6.45, 7) is 0.931. The molecule has 0 aromatic heterocycles. The number of halogens is 3. The van der Waals surface area contributed by atoms with Crippen LogP contribution in [0.3, 0.4) is 0 Å². The Bertz CT molecular complexity index is 311. The zero-order valence-corrected chi connectivity index (χ0v) is 10.7. The van der Waals surface area contributed by atoms with Gasteiger partial charge in [0.1, 0.15) is 0 Å². The maximum atomic E-state index is 12.9. The van der Waals surface area contributed by atoms with E-state index in [-0.39, 0.29) is 19.7 Å². The summed E-state index contributed by atoms with van der Waals surface area (Å²) < 4.78 is 48.5. The van der Waals surface area contributed by atoms with E-state index in [0.29, 0.717) is 13.2 Å². The molecule has 0 saturated carbocycles. The summed E-state index contributed by atoms with van der Waals surface area (Å²) in [7, 11) is 1.52. The lowest BCUT2D eigenvalue weighted by molar-refractivity contribution is -0.227. The first-order valence-electron chi connectivity index (χ1n) is 5.92. The third-order valence-electron chi connectivity index (χ3n) is 3.28. The Hall–Kier alpha value is -0.860. The highest BCUT2D eigenvalue weighted by atomic mass is 19.4. The second-order valence-corrected chi connectivity index (χ2v) is 4.52. The van der Waals surface area contributed by atoms with Gasteiger partial charge in [-0.05, 0) is 13.0 Å². The predicted molar refractivity (Wildman–Crippen MR) is 59.9 cm³/mol. The van der Waals surface area contributed by atoms with Crippen LogP contribution in [0.2, 0.25) is 0 Å². The first-order valence-corrected chi connectivity index (χ1v) is 5.92. The molecule has 0 aromatic rings. The van der Waals surface area contributed by atoms with Crippen molar-refractivity contribution in [3.63, 3.8) is 0 Å². The highest BCUT2D eigenvalue weighted by Gasteiger charge is 2.63. The van der Waals surface area contributed by atoms with Crippen LogP contribution in [0.4, 0.5) is 13.2 Å². The van der Waals surface area contributed by atoms with Crippen molar-refractivity contribution < 1.29 is 32.5 Å². The molecule has 1 heterocycles. The van der Waals surface area contributed by atoms with E-state index in [9.17, 15) is 18.0 Å². The minimum Gasteiger partial charge on any atom is -0.481 e. The van der Waals surface area contributed by atoms with E-state index in [1.165, 1.54) is 12.0 Å². The smallest absolute Gasteiger partial charge is 0.406 e. The molecule has 1 aliphatic heterocycles. The van der Waals surface area contributed by atoms with E-state index in [1.54, 1.807) is 0 Å². The van der Waals surface area contributed by atoms with Crippen LogP contribution in [0.15, 0.2) is 0 Å². The molecule has 1 atom stereocenters. The van der Waals surface area contributed by atoms with Gasteiger partial charge in [-0.3, -0.25) is 9.69 Å². The van der Waals surface area contributed by atoms with Gasteiger partial charge in [0.05, 0.1) is 19.8 Å². The number of methoxy groups -OCH3 is 1. The Morgan fingerprint density at radius 2 is 2.05 bits per heavy atom. The normalized spacial score (nSPS) is 24.8. The molecule has 1 rings (SSSR count). The zero-order chi connectivity index (χ0) is 14.5. The Morgan fingerprint density at radius 1 is 1.37 bits per heavy atom. The average Bonchev–Trinajstić information content (AvgIpc) is 2.74. The number of alkyl halides is 3. The standard InChI is InChI=1S/C11H18F3NO4/c1-18-6-7-19-5-4-15-3-2-10(8-15,9(16)17)11(12,13)14/h2-8H2,1H3,(H,16,17). The lowest BCUT2D eigenvalue weighted by Crippen LogP contribution is -2.47. The van der Waals surface area contributed by atoms with Crippen LogP contribution in [0, 0.1) is 5.41 Å². The zero-order valence-electron chi connectivity index (χ0n) is 10.7. The van der Waals surface area contributed by atoms with Gasteiger partial charge in [0.2, 0.25) is 0 Å². The molecule has 0 radical (unpaired) electrons. The molecule has 5 nitrogen and oxygen atoms in total. The monoisotopic (exact) mass is 285 g/mol. The van der Waals surface area contributed by atoms with Crippen LogP contribution in [0.25, 0.3) is 0 Å². The van der Waals surface area contributed by atoms with Crippen molar-refractivity contribution in [1.82, 2.24) is 4.90 Å². The van der Waals surface area contributed by atoms with Gasteiger partial charge in [0.15, 0.2) is 5.41 Å². The van der Waals surface area contributed by atoms with Crippen molar-refractivity contribution >= 4 is 5.97 Å². The van der Waals surface area contributed by atoms with E-state index >= 15 is 0 Å². The van der Waals surface area contributed by atoms with E-state index in [1.807, 2.05) is 0 Å². The summed E-state index contributed by atoms with van der Waals surface area (Å²) >= 11 is 0. The number of rotatable bonds is 7. The van der Waals surface area contributed by atoms with E-state index in [2.05, 4.69) is 0 Å². The third kappa shape index (κ3) is 3.80. The molecule has 1 N–H and O–H groups in total. The molecule has 0 aliphatic carbocycles. The van der Waals surface area contributed by atoms with Gasteiger partial charge in [0.25, 0.3) is 0 Å². The van der Waals surface area contributed by atoms with Crippen LogP contribution in [-0.2, 0) is 14.3 Å². The maximum absolute atomic E-state index is 12.9. The van der Waals surface area contributed by atoms with Crippen molar-refractivity contribution in [3.8, 4) is 0 Å². The highest BCUT2D eigenvalue weighted by molar-refractivity contribution is 5.76. The van der Waals surface area contributed by atoms with Gasteiger partial charge in [-0.2, -0.15) is 13.2 Å². The minimum atomic E-state index is -4.73. The number of hydrogen-bond donors (Lipinski definition) is 1. The summed E-state index contributed by atoms with van der Waals surface area (Å²) in [4.78, 5) is 12.4. The number of likely N-dealkylation sites (tertiary alicyclic amines) is 1. The quantitative estimate of drug-likeness (QED) is 0.707. The van der Waals surface area contributed by atoms with E-state index in [4.69, 9.17) is 14.6 Å². The molecule has 1 fully saturated rings. The van der Waals surface area contributed by atoms with Gasteiger partial charge in [-0.1, -0.05) is 0 Å². The van der Waals surface area contributed by atoms with E-state index in [0.717, 1.165) is 0 Å². The Labute approximate surface area is 109 Å². The molecule has 0 amide bonds. The first-order chi connectivity index (χ1) is 8.83. The second kappa shape index (κ2) is 6.53. The number of carboxylic acids is 1. The van der Waals surface area contributed by atoms with E-state index < -0.39 is 30.5 Å². The summed E-state index contributed by atoms with van der Waals surface area (Å²) in [5, 5.41) is 8.86. The van der Waals surface area contributed by atoms with Crippen LogP contribution < -0.4 is 0 Å². The molecule has 112 valence electrons. The lowest BCUT2D eigenvalue weighted by atomic mass is 9.86. The van der Waals surface area contributed by atoms with Crippen molar-refractivity contribution in [1.29, 1.82) is 0 Å². The van der Waals surface area contributed by atoms with Crippen LogP contribution >= 0.6 is 0 Å². The van der Waals surface area contributed by atoms with Crippen molar-refractivity contribution in [2.75, 3.05) is 46.6 Å². The van der Waals surface area contributed by atoms with Gasteiger partial charge < -0.3 is 14.6 Å². The average molecular weight is 285 g/mol. The number of aliphatic carboxylic acids is 1. The number of nitrogens with zero attached hydrogens (tertiary/aromatic N) is 1. The fourth-order valence-corrected chi connectivity index (χ4v) is 2.04. The maximum Gasteiger partial charge on any atom is 0.406 e. The summed E-state index contributed by atoms with van der Waals surface area (Å²) in [6, 6.07) is 0. The Balaban J connectivity index is 2.45. The van der Waals surface area contributed by atoms with Crippen LogP contribution in [0.5, 0.6) is 0 Å². The summed E-state index contributed by atoms with van der Waals surface area (Å²) in [6.07, 6.45) is -5.14. The number of carbonyl (C=O) groups is 1. The topological polar surface area (TPSA) is 59.0 Å². The molecule has 19 heavy (non-hydrogen) atoms. The second-order valence-electron chi connectivity index (χ2n) is 4.52. The number of carboxylic acid groups (broad SMARTS) is 1. The third-order valence-corrected chi connectivity index (χ3v) is 3.28. The number of ether oxygens (including phenoxy) is 2. The molecular formula is C11H18F3NO4. The summed E-state index contributed by atoms with van der Waals surface area (Å²) in [5.74, 6) is -1.80. The van der Waals surface area contributed by atoms with Gasteiger partial charge in [0, 0.05) is 20.2 Å². The predicted octanol–water partition coefficient (Wildman–Crippen LogP) is 0.988. The molecule has 1 saturated heterocycles. The molecule has 1 unspecified atom stereocenters. The molecule has 0 spiro atoms. The molecular weight excluding hydrogens is 267 g/mol. The molecule has 0 aromatic carbocycles. The van der Waals surface area contributed by atoms with Crippen molar-refractivity contribution in [3.05, 3.63) is 0 Å². The SMILES string of the molecule is COCCOCCN1CCC(C(=O)O)(C(F)(F)F)C1. The molecule has 1 aliphatic rings. The lowest BCUT2D eigenvalue weighted by Gasteiger charge is -2.27. The minimum absolute atomic E-state index is 0.111.